The highest BCUT2D eigenvalue weighted by Crippen LogP contribution is 2.37. The molecule has 4 rings (SSSR count). The van der Waals surface area contributed by atoms with Gasteiger partial charge in [-0.1, -0.05) is 35.6 Å². The highest BCUT2D eigenvalue weighted by Gasteiger charge is 2.24. The van der Waals surface area contributed by atoms with Gasteiger partial charge in [-0.3, -0.25) is 14.7 Å². The number of carbonyl (C=O) groups is 1. The zero-order valence-electron chi connectivity index (χ0n) is 15.9. The predicted molar refractivity (Wildman–Crippen MR) is 125 cm³/mol. The second-order valence-electron chi connectivity index (χ2n) is 6.49. The molecule has 0 radical (unpaired) electrons. The summed E-state index contributed by atoms with van der Waals surface area (Å²) in [7, 11) is 1.63. The van der Waals surface area contributed by atoms with Gasteiger partial charge in [0.1, 0.15) is 11.3 Å². The van der Waals surface area contributed by atoms with E-state index in [0.717, 1.165) is 24.9 Å². The first-order valence-corrected chi connectivity index (χ1v) is 10.9. The molecule has 0 bridgehead atoms. The molecule has 0 spiro atoms. The van der Waals surface area contributed by atoms with E-state index in [9.17, 15) is 4.79 Å². The zero-order valence-corrected chi connectivity index (χ0v) is 18.9. The maximum atomic E-state index is 13.5. The third-order valence-corrected chi connectivity index (χ3v) is 6.71. The number of rotatable bonds is 5. The topological polar surface area (TPSA) is 55.3 Å². The maximum absolute atomic E-state index is 13.5. The molecule has 2 aromatic carbocycles. The summed E-state index contributed by atoms with van der Waals surface area (Å²) in [5, 5.41) is 0.640. The number of nitrogens with zero attached hydrogens (tertiary/aromatic N) is 3. The summed E-state index contributed by atoms with van der Waals surface area (Å²) < 4.78 is 7.41. The molecule has 1 amide bonds. The summed E-state index contributed by atoms with van der Waals surface area (Å²) in [6.45, 7) is 2.43. The number of thiazole rings is 1. The van der Waals surface area contributed by atoms with Crippen molar-refractivity contribution in [2.75, 3.05) is 12.0 Å². The molecule has 2 aromatic heterocycles. The Bertz CT molecular complexity index is 1180. The Labute approximate surface area is 186 Å². The van der Waals surface area contributed by atoms with Crippen LogP contribution in [0, 0.1) is 10.5 Å². The van der Waals surface area contributed by atoms with Crippen molar-refractivity contribution in [1.29, 1.82) is 0 Å². The highest BCUT2D eigenvalue weighted by molar-refractivity contribution is 14.1. The van der Waals surface area contributed by atoms with Gasteiger partial charge < -0.3 is 4.74 Å². The van der Waals surface area contributed by atoms with E-state index in [2.05, 4.69) is 27.6 Å². The Kier molecular flexibility index (Phi) is 5.77. The van der Waals surface area contributed by atoms with E-state index in [0.29, 0.717) is 23.0 Å². The molecule has 5 nitrogen and oxygen atoms in total. The van der Waals surface area contributed by atoms with E-state index < -0.39 is 0 Å². The third-order valence-electron chi connectivity index (χ3n) is 4.56. The van der Waals surface area contributed by atoms with Crippen molar-refractivity contribution in [3.63, 3.8) is 0 Å². The third kappa shape index (κ3) is 3.97. The van der Waals surface area contributed by atoms with Crippen LogP contribution in [0.3, 0.4) is 0 Å². The van der Waals surface area contributed by atoms with Crippen LogP contribution in [0.1, 0.15) is 21.5 Å². The number of aromatic nitrogens is 2. The van der Waals surface area contributed by atoms with Gasteiger partial charge in [-0.15, -0.1) is 0 Å². The fourth-order valence-electron chi connectivity index (χ4n) is 3.06. The molecule has 0 unspecified atom stereocenters. The molecule has 4 aromatic rings. The van der Waals surface area contributed by atoms with Crippen LogP contribution in [-0.2, 0) is 6.54 Å². The van der Waals surface area contributed by atoms with Gasteiger partial charge in [0.2, 0.25) is 0 Å². The average Bonchev–Trinajstić information content (AvgIpc) is 3.19. The number of ether oxygens (including phenoxy) is 1. The molecule has 0 aliphatic rings. The molecule has 7 heteroatoms. The molecule has 0 aliphatic heterocycles. The molecular formula is C22H18IN3O2S. The molecule has 0 atom stereocenters. The lowest BCUT2D eigenvalue weighted by atomic mass is 10.2. The van der Waals surface area contributed by atoms with Crippen LogP contribution < -0.4 is 9.64 Å². The maximum Gasteiger partial charge on any atom is 0.261 e. The summed E-state index contributed by atoms with van der Waals surface area (Å²) in [6, 6.07) is 15.3. The average molecular weight is 515 g/mol. The van der Waals surface area contributed by atoms with Gasteiger partial charge in [0.05, 0.1) is 23.9 Å². The summed E-state index contributed by atoms with van der Waals surface area (Å²) in [6.07, 6.45) is 3.50. The summed E-state index contributed by atoms with van der Waals surface area (Å²) >= 11 is 3.69. The highest BCUT2D eigenvalue weighted by atomic mass is 127. The number of fused-ring (bicyclic) bond motifs is 1. The van der Waals surface area contributed by atoms with Crippen molar-refractivity contribution in [2.45, 2.75) is 13.5 Å². The molecule has 146 valence electrons. The van der Waals surface area contributed by atoms with Crippen LogP contribution in [0.25, 0.3) is 10.2 Å². The molecule has 2 heterocycles. The van der Waals surface area contributed by atoms with Gasteiger partial charge in [-0.25, -0.2) is 4.98 Å². The van der Waals surface area contributed by atoms with Crippen LogP contribution in [0.2, 0.25) is 0 Å². The first-order chi connectivity index (χ1) is 14.1. The number of benzene rings is 2. The molecular weight excluding hydrogens is 497 g/mol. The van der Waals surface area contributed by atoms with E-state index in [1.807, 2.05) is 55.5 Å². The quantitative estimate of drug-likeness (QED) is 0.332. The normalized spacial score (nSPS) is 10.9. The molecule has 0 aliphatic carbocycles. The monoisotopic (exact) mass is 515 g/mol. The van der Waals surface area contributed by atoms with Crippen molar-refractivity contribution in [1.82, 2.24) is 9.97 Å². The van der Waals surface area contributed by atoms with Crippen LogP contribution in [-0.4, -0.2) is 23.0 Å². The smallest absolute Gasteiger partial charge is 0.261 e. The first-order valence-electron chi connectivity index (χ1n) is 8.98. The van der Waals surface area contributed by atoms with E-state index in [-0.39, 0.29) is 5.91 Å². The van der Waals surface area contributed by atoms with Gasteiger partial charge in [-0.05, 0) is 64.9 Å². The minimum Gasteiger partial charge on any atom is -0.494 e. The van der Waals surface area contributed by atoms with Crippen molar-refractivity contribution in [2.24, 2.45) is 0 Å². The summed E-state index contributed by atoms with van der Waals surface area (Å²) in [4.78, 5) is 24.2. The van der Waals surface area contributed by atoms with Crippen molar-refractivity contribution in [3.05, 3.63) is 81.2 Å². The standard InChI is InChI=1S/C22H18IN3O2S/c1-14-9-10-18(28-2)19-20(14)29-22(25-19)26(13-15-6-5-11-24-12-15)21(27)16-7-3-4-8-17(16)23/h3-12H,13H2,1-2H3. The zero-order chi connectivity index (χ0) is 20.4. The minimum absolute atomic E-state index is 0.0884. The van der Waals surface area contributed by atoms with Crippen LogP contribution in [0.4, 0.5) is 5.13 Å². The predicted octanol–water partition coefficient (Wildman–Crippen LogP) is 5.46. The summed E-state index contributed by atoms with van der Waals surface area (Å²) in [5.74, 6) is 0.616. The number of halogens is 1. The minimum atomic E-state index is -0.0884. The molecule has 0 fully saturated rings. The number of aryl methyl sites for hydroxylation is 1. The number of anilines is 1. The molecule has 0 N–H and O–H groups in total. The van der Waals surface area contributed by atoms with Crippen LogP contribution in [0.15, 0.2) is 60.9 Å². The first kappa shape index (κ1) is 19.8. The van der Waals surface area contributed by atoms with E-state index in [4.69, 9.17) is 9.72 Å². The number of carbonyl (C=O) groups excluding carboxylic acids is 1. The SMILES string of the molecule is COc1ccc(C)c2sc(N(Cc3cccnc3)C(=O)c3ccccc3I)nc12. The Morgan fingerprint density at radius 1 is 1.17 bits per heavy atom. The Hall–Kier alpha value is -2.52. The number of pyridine rings is 1. The van der Waals surface area contributed by atoms with Gasteiger partial charge in [0.25, 0.3) is 5.91 Å². The van der Waals surface area contributed by atoms with Gasteiger partial charge in [0, 0.05) is 16.0 Å². The summed E-state index contributed by atoms with van der Waals surface area (Å²) in [5.41, 5.74) is 3.47. The lowest BCUT2D eigenvalue weighted by Gasteiger charge is -2.20. The lowest BCUT2D eigenvalue weighted by Crippen LogP contribution is -2.31. The van der Waals surface area contributed by atoms with Gasteiger partial charge in [-0.2, -0.15) is 0 Å². The second-order valence-corrected chi connectivity index (χ2v) is 8.63. The number of hydrogen-bond donors (Lipinski definition) is 0. The molecule has 0 saturated carbocycles. The Morgan fingerprint density at radius 2 is 2.00 bits per heavy atom. The number of amides is 1. The second kappa shape index (κ2) is 8.46. The van der Waals surface area contributed by atoms with E-state index in [1.54, 1.807) is 24.4 Å². The van der Waals surface area contributed by atoms with Crippen LogP contribution in [0.5, 0.6) is 5.75 Å². The number of hydrogen-bond acceptors (Lipinski definition) is 5. The van der Waals surface area contributed by atoms with E-state index in [1.165, 1.54) is 11.3 Å². The largest absolute Gasteiger partial charge is 0.494 e. The lowest BCUT2D eigenvalue weighted by molar-refractivity contribution is 0.0984. The number of methoxy groups -OCH3 is 1. The Balaban J connectivity index is 1.84. The van der Waals surface area contributed by atoms with Crippen molar-refractivity contribution >= 4 is 55.2 Å². The molecule has 0 saturated heterocycles. The molecule has 29 heavy (non-hydrogen) atoms. The van der Waals surface area contributed by atoms with Gasteiger partial charge in [0.15, 0.2) is 5.13 Å². The van der Waals surface area contributed by atoms with Crippen LogP contribution >= 0.6 is 33.9 Å². The van der Waals surface area contributed by atoms with Crippen molar-refractivity contribution < 1.29 is 9.53 Å². The fourth-order valence-corrected chi connectivity index (χ4v) is 4.73. The van der Waals surface area contributed by atoms with Gasteiger partial charge >= 0.3 is 0 Å². The van der Waals surface area contributed by atoms with Crippen molar-refractivity contribution in [3.8, 4) is 5.75 Å². The Morgan fingerprint density at radius 3 is 2.72 bits per heavy atom. The van der Waals surface area contributed by atoms with E-state index >= 15 is 0 Å². The fraction of sp³-hybridized carbons (Fsp3) is 0.136.